The molecule has 4 heteroatoms. The molecular formula is C15H27NO3. The average molecular weight is 269 g/mol. The van der Waals surface area contributed by atoms with Gasteiger partial charge in [-0.2, -0.15) is 0 Å². The summed E-state index contributed by atoms with van der Waals surface area (Å²) in [5.74, 6) is 0.00523. The molecule has 2 rings (SSSR count). The number of carbonyl (C=O) groups excluding carboxylic acids is 1. The number of rotatable bonds is 4. The second-order valence-electron chi connectivity index (χ2n) is 6.21. The second kappa shape index (κ2) is 6.23. The van der Waals surface area contributed by atoms with Crippen LogP contribution in [0.15, 0.2) is 0 Å². The van der Waals surface area contributed by atoms with Crippen molar-refractivity contribution in [2.24, 2.45) is 5.41 Å². The summed E-state index contributed by atoms with van der Waals surface area (Å²) < 4.78 is 11.5. The Bertz CT molecular complexity index is 303. The van der Waals surface area contributed by atoms with Crippen LogP contribution in [0.4, 0.5) is 0 Å². The third-order valence-electron chi connectivity index (χ3n) is 4.33. The van der Waals surface area contributed by atoms with Crippen molar-refractivity contribution in [2.75, 3.05) is 13.1 Å². The van der Waals surface area contributed by atoms with Gasteiger partial charge in [0.2, 0.25) is 0 Å². The number of hydrogen-bond donors (Lipinski definition) is 1. The van der Waals surface area contributed by atoms with Crippen molar-refractivity contribution in [1.82, 2.24) is 5.32 Å². The van der Waals surface area contributed by atoms with Crippen LogP contribution in [0.2, 0.25) is 0 Å². The van der Waals surface area contributed by atoms with Gasteiger partial charge in [0.05, 0.1) is 17.6 Å². The van der Waals surface area contributed by atoms with Gasteiger partial charge in [0.15, 0.2) is 0 Å². The summed E-state index contributed by atoms with van der Waals surface area (Å²) in [5.41, 5.74) is -0.278. The Labute approximate surface area is 116 Å². The van der Waals surface area contributed by atoms with Gasteiger partial charge >= 0.3 is 5.97 Å². The molecular weight excluding hydrogens is 242 g/mol. The highest BCUT2D eigenvalue weighted by atomic mass is 16.6. The third kappa shape index (κ3) is 3.48. The summed E-state index contributed by atoms with van der Waals surface area (Å²) in [6.07, 6.45) is 4.91. The zero-order chi connectivity index (χ0) is 13.9. The molecule has 2 aliphatic heterocycles. The van der Waals surface area contributed by atoms with Gasteiger partial charge in [0, 0.05) is 19.4 Å². The Morgan fingerprint density at radius 3 is 2.58 bits per heavy atom. The molecule has 1 N–H and O–H groups in total. The van der Waals surface area contributed by atoms with Crippen molar-refractivity contribution in [3.05, 3.63) is 0 Å². The molecule has 3 unspecified atom stereocenters. The molecule has 0 radical (unpaired) electrons. The summed E-state index contributed by atoms with van der Waals surface area (Å²) in [7, 11) is 0. The highest BCUT2D eigenvalue weighted by molar-refractivity contribution is 5.77. The fourth-order valence-corrected chi connectivity index (χ4v) is 3.43. The van der Waals surface area contributed by atoms with Crippen molar-refractivity contribution in [3.8, 4) is 0 Å². The van der Waals surface area contributed by atoms with E-state index in [1.165, 1.54) is 0 Å². The highest BCUT2D eigenvalue weighted by Gasteiger charge is 2.43. The van der Waals surface area contributed by atoms with Gasteiger partial charge in [-0.15, -0.1) is 0 Å². The largest absolute Gasteiger partial charge is 0.462 e. The number of nitrogens with one attached hydrogen (secondary N) is 1. The minimum absolute atomic E-state index is 0.00523. The van der Waals surface area contributed by atoms with Crippen LogP contribution in [-0.4, -0.2) is 37.4 Å². The zero-order valence-corrected chi connectivity index (χ0v) is 12.4. The first-order chi connectivity index (χ1) is 9.05. The van der Waals surface area contributed by atoms with Crippen molar-refractivity contribution in [3.63, 3.8) is 0 Å². The van der Waals surface area contributed by atoms with Crippen LogP contribution in [0.3, 0.4) is 0 Å². The van der Waals surface area contributed by atoms with E-state index in [2.05, 4.69) is 26.1 Å². The molecule has 2 fully saturated rings. The molecule has 0 aliphatic carbocycles. The molecule has 0 bridgehead atoms. The molecule has 4 nitrogen and oxygen atoms in total. The van der Waals surface area contributed by atoms with Crippen LogP contribution < -0.4 is 5.32 Å². The summed E-state index contributed by atoms with van der Waals surface area (Å²) in [5, 5.41) is 3.31. The Hall–Kier alpha value is -0.610. The van der Waals surface area contributed by atoms with Gasteiger partial charge in [0.25, 0.3) is 0 Å². The summed E-state index contributed by atoms with van der Waals surface area (Å²) in [6, 6.07) is 0. The third-order valence-corrected chi connectivity index (χ3v) is 4.33. The quantitative estimate of drug-likeness (QED) is 0.795. The zero-order valence-electron chi connectivity index (χ0n) is 12.4. The van der Waals surface area contributed by atoms with Gasteiger partial charge in [-0.1, -0.05) is 13.3 Å². The van der Waals surface area contributed by atoms with Crippen molar-refractivity contribution in [2.45, 2.75) is 71.2 Å². The first-order valence-electron chi connectivity index (χ1n) is 7.63. The number of esters is 1. The van der Waals surface area contributed by atoms with Gasteiger partial charge in [0.1, 0.15) is 6.10 Å². The minimum Gasteiger partial charge on any atom is -0.462 e. The van der Waals surface area contributed by atoms with E-state index in [1.807, 2.05) is 0 Å². The summed E-state index contributed by atoms with van der Waals surface area (Å²) >= 11 is 0. The predicted octanol–water partition coefficient (Wildman–Crippen LogP) is 2.27. The molecule has 2 heterocycles. The van der Waals surface area contributed by atoms with Gasteiger partial charge in [-0.25, -0.2) is 0 Å². The molecule has 0 spiro atoms. The van der Waals surface area contributed by atoms with E-state index in [0.717, 1.165) is 45.2 Å². The first kappa shape index (κ1) is 14.8. The fraction of sp³-hybridized carbons (Fsp3) is 0.933. The van der Waals surface area contributed by atoms with Crippen LogP contribution >= 0.6 is 0 Å². The summed E-state index contributed by atoms with van der Waals surface area (Å²) in [4.78, 5) is 12.5. The molecule has 0 amide bonds. The Kier molecular flexibility index (Phi) is 4.85. The Morgan fingerprint density at radius 2 is 2.05 bits per heavy atom. The van der Waals surface area contributed by atoms with E-state index in [4.69, 9.17) is 9.47 Å². The van der Waals surface area contributed by atoms with Crippen LogP contribution in [-0.2, 0) is 14.3 Å². The van der Waals surface area contributed by atoms with E-state index < -0.39 is 0 Å². The van der Waals surface area contributed by atoms with E-state index in [9.17, 15) is 4.79 Å². The van der Waals surface area contributed by atoms with Crippen molar-refractivity contribution in [1.29, 1.82) is 0 Å². The molecule has 0 aromatic heterocycles. The smallest absolute Gasteiger partial charge is 0.313 e. The molecule has 110 valence electrons. The van der Waals surface area contributed by atoms with Crippen LogP contribution in [0, 0.1) is 5.41 Å². The maximum Gasteiger partial charge on any atom is 0.313 e. The topological polar surface area (TPSA) is 47.6 Å². The lowest BCUT2D eigenvalue weighted by Crippen LogP contribution is -2.41. The molecule has 0 aromatic rings. The number of ether oxygens (including phenoxy) is 2. The van der Waals surface area contributed by atoms with E-state index in [1.54, 1.807) is 0 Å². The SMILES string of the molecule is CCCC1(C(=O)OC2CC(C)OC(C)C2)CCNC1. The lowest BCUT2D eigenvalue weighted by atomic mass is 9.82. The second-order valence-corrected chi connectivity index (χ2v) is 6.21. The normalized spacial score (nSPS) is 39.2. The lowest BCUT2D eigenvalue weighted by Gasteiger charge is -2.34. The van der Waals surface area contributed by atoms with E-state index in [0.29, 0.717) is 0 Å². The van der Waals surface area contributed by atoms with Gasteiger partial charge < -0.3 is 14.8 Å². The lowest BCUT2D eigenvalue weighted by molar-refractivity contribution is -0.170. The molecule has 0 aromatic carbocycles. The monoisotopic (exact) mass is 269 g/mol. The Morgan fingerprint density at radius 1 is 1.37 bits per heavy atom. The summed E-state index contributed by atoms with van der Waals surface area (Å²) in [6.45, 7) is 7.93. The minimum atomic E-state index is -0.278. The van der Waals surface area contributed by atoms with Gasteiger partial charge in [-0.05, 0) is 33.2 Å². The van der Waals surface area contributed by atoms with E-state index >= 15 is 0 Å². The van der Waals surface area contributed by atoms with Crippen LogP contribution in [0.25, 0.3) is 0 Å². The average Bonchev–Trinajstić information content (AvgIpc) is 2.78. The van der Waals surface area contributed by atoms with Crippen LogP contribution in [0.5, 0.6) is 0 Å². The predicted molar refractivity (Wildman–Crippen MR) is 74.0 cm³/mol. The molecule has 19 heavy (non-hydrogen) atoms. The Balaban J connectivity index is 1.95. The number of hydrogen-bond acceptors (Lipinski definition) is 4. The standard InChI is InChI=1S/C15H27NO3/c1-4-5-15(6-7-16-10-15)14(17)19-13-8-11(2)18-12(3)9-13/h11-13,16H,4-10H2,1-3H3. The molecule has 2 saturated heterocycles. The van der Waals surface area contributed by atoms with Crippen molar-refractivity contribution < 1.29 is 14.3 Å². The number of carbonyl (C=O) groups is 1. The maximum absolute atomic E-state index is 12.5. The molecule has 2 aliphatic rings. The first-order valence-corrected chi connectivity index (χ1v) is 7.63. The highest BCUT2D eigenvalue weighted by Crippen LogP contribution is 2.34. The van der Waals surface area contributed by atoms with Gasteiger partial charge in [-0.3, -0.25) is 4.79 Å². The van der Waals surface area contributed by atoms with Crippen LogP contribution in [0.1, 0.15) is 52.9 Å². The fourth-order valence-electron chi connectivity index (χ4n) is 3.43. The van der Waals surface area contributed by atoms with Crippen molar-refractivity contribution >= 4 is 5.97 Å². The molecule has 0 saturated carbocycles. The molecule has 3 atom stereocenters. The maximum atomic E-state index is 12.5. The van der Waals surface area contributed by atoms with E-state index in [-0.39, 0.29) is 29.7 Å².